The summed E-state index contributed by atoms with van der Waals surface area (Å²) in [5, 5.41) is 11.3. The lowest BCUT2D eigenvalue weighted by Gasteiger charge is -2.26. The molecule has 0 radical (unpaired) electrons. The fourth-order valence-corrected chi connectivity index (χ4v) is 2.21. The number of carboxylic acid groups (broad SMARTS) is 1. The van der Waals surface area contributed by atoms with Crippen LogP contribution in [0.3, 0.4) is 0 Å². The molecule has 0 saturated carbocycles. The Bertz CT molecular complexity index is 474. The average molecular weight is 368 g/mol. The van der Waals surface area contributed by atoms with E-state index in [2.05, 4.69) is 21.2 Å². The van der Waals surface area contributed by atoms with Crippen LogP contribution in [0, 0.1) is 5.92 Å². The zero-order valence-electron chi connectivity index (χ0n) is 11.6. The van der Waals surface area contributed by atoms with Gasteiger partial charge < -0.3 is 5.11 Å². The van der Waals surface area contributed by atoms with Crippen LogP contribution in [0.4, 0.5) is 13.2 Å². The average Bonchev–Trinajstić information content (AvgIpc) is 2.33. The van der Waals surface area contributed by atoms with Crippen molar-refractivity contribution in [3.63, 3.8) is 0 Å². The molecule has 0 aromatic heterocycles. The first-order valence-corrected chi connectivity index (χ1v) is 7.21. The molecule has 1 unspecified atom stereocenters. The Morgan fingerprint density at radius 3 is 2.19 bits per heavy atom. The van der Waals surface area contributed by atoms with Gasteiger partial charge in [-0.1, -0.05) is 41.9 Å². The van der Waals surface area contributed by atoms with Crippen LogP contribution in [0.2, 0.25) is 0 Å². The molecule has 0 bridgehead atoms. The van der Waals surface area contributed by atoms with Gasteiger partial charge in [-0.25, -0.2) is 0 Å². The normalized spacial score (nSPS) is 15.0. The Morgan fingerprint density at radius 2 is 1.81 bits per heavy atom. The summed E-state index contributed by atoms with van der Waals surface area (Å²) in [4.78, 5) is 11.1. The van der Waals surface area contributed by atoms with Crippen molar-refractivity contribution in [1.29, 1.82) is 0 Å². The summed E-state index contributed by atoms with van der Waals surface area (Å²) < 4.78 is 40.3. The van der Waals surface area contributed by atoms with E-state index in [-0.39, 0.29) is 17.9 Å². The van der Waals surface area contributed by atoms with Crippen molar-refractivity contribution in [2.45, 2.75) is 38.5 Å². The predicted octanol–water partition coefficient (Wildman–Crippen LogP) is 4.14. The number of carbonyl (C=O) groups is 1. The highest BCUT2D eigenvalue weighted by atomic mass is 79.9. The first-order chi connectivity index (χ1) is 9.61. The van der Waals surface area contributed by atoms with Gasteiger partial charge in [0.25, 0.3) is 0 Å². The summed E-state index contributed by atoms with van der Waals surface area (Å²) in [6.45, 7) is 3.53. The number of alkyl halides is 3. The van der Waals surface area contributed by atoms with Crippen molar-refractivity contribution in [3.05, 3.63) is 34.3 Å². The standard InChI is InChI=1S/C14H17BrF3NO2/c1-8(2)7-11(13(20)21)19-12(14(16,17)18)9-3-5-10(15)6-4-9/h3-6,8,11-12,19H,7H2,1-2H3,(H,20,21)/t11-,12?/m0/s1. The minimum absolute atomic E-state index is 0.0132. The van der Waals surface area contributed by atoms with Crippen LogP contribution in [-0.2, 0) is 4.79 Å². The van der Waals surface area contributed by atoms with Crippen molar-refractivity contribution >= 4 is 21.9 Å². The molecule has 0 amide bonds. The maximum absolute atomic E-state index is 13.2. The molecule has 21 heavy (non-hydrogen) atoms. The molecular weight excluding hydrogens is 351 g/mol. The molecule has 0 aliphatic heterocycles. The minimum Gasteiger partial charge on any atom is -0.480 e. The predicted molar refractivity (Wildman–Crippen MR) is 77.0 cm³/mol. The van der Waals surface area contributed by atoms with E-state index in [0.717, 1.165) is 0 Å². The highest BCUT2D eigenvalue weighted by Gasteiger charge is 2.42. The second-order valence-corrected chi connectivity index (χ2v) is 6.13. The van der Waals surface area contributed by atoms with Crippen molar-refractivity contribution in [2.24, 2.45) is 5.92 Å². The third kappa shape index (κ3) is 5.67. The monoisotopic (exact) mass is 367 g/mol. The van der Waals surface area contributed by atoms with Gasteiger partial charge in [0.2, 0.25) is 0 Å². The second kappa shape index (κ2) is 7.26. The Morgan fingerprint density at radius 1 is 1.29 bits per heavy atom. The molecule has 1 aromatic carbocycles. The summed E-state index contributed by atoms with van der Waals surface area (Å²) in [5.41, 5.74) is -0.0132. The van der Waals surface area contributed by atoms with Crippen LogP contribution < -0.4 is 5.32 Å². The van der Waals surface area contributed by atoms with E-state index in [0.29, 0.717) is 4.47 Å². The van der Waals surface area contributed by atoms with Crippen molar-refractivity contribution in [1.82, 2.24) is 5.32 Å². The number of carboxylic acids is 1. The Balaban J connectivity index is 3.03. The van der Waals surface area contributed by atoms with Crippen LogP contribution in [0.25, 0.3) is 0 Å². The number of rotatable bonds is 6. The molecule has 3 nitrogen and oxygen atoms in total. The molecule has 2 N–H and O–H groups in total. The van der Waals surface area contributed by atoms with Crippen LogP contribution in [0.15, 0.2) is 28.7 Å². The van der Waals surface area contributed by atoms with Crippen LogP contribution in [0.1, 0.15) is 31.9 Å². The molecule has 1 aromatic rings. The molecule has 0 aliphatic carbocycles. The molecule has 0 saturated heterocycles. The minimum atomic E-state index is -4.57. The summed E-state index contributed by atoms with van der Waals surface area (Å²) in [6.07, 6.45) is -4.45. The van der Waals surface area contributed by atoms with Crippen LogP contribution >= 0.6 is 15.9 Å². The number of hydrogen-bond donors (Lipinski definition) is 2. The number of halogens is 4. The molecule has 0 spiro atoms. The van der Waals surface area contributed by atoms with E-state index in [1.807, 2.05) is 0 Å². The van der Waals surface area contributed by atoms with Gasteiger partial charge in [0.15, 0.2) is 0 Å². The smallest absolute Gasteiger partial charge is 0.407 e. The molecule has 118 valence electrons. The van der Waals surface area contributed by atoms with E-state index in [4.69, 9.17) is 5.11 Å². The largest absolute Gasteiger partial charge is 0.480 e. The molecular formula is C14H17BrF3NO2. The SMILES string of the molecule is CC(C)C[C@H](NC(c1ccc(Br)cc1)C(F)(F)F)C(=O)O. The van der Waals surface area contributed by atoms with Gasteiger partial charge in [-0.05, 0) is 30.0 Å². The van der Waals surface area contributed by atoms with Gasteiger partial charge in [-0.2, -0.15) is 13.2 Å². The molecule has 1 rings (SSSR count). The van der Waals surface area contributed by atoms with E-state index >= 15 is 0 Å². The van der Waals surface area contributed by atoms with Crippen LogP contribution in [0.5, 0.6) is 0 Å². The fraction of sp³-hybridized carbons (Fsp3) is 0.500. The van der Waals surface area contributed by atoms with Gasteiger partial charge in [0.1, 0.15) is 12.1 Å². The third-order valence-corrected chi connectivity index (χ3v) is 3.43. The number of hydrogen-bond acceptors (Lipinski definition) is 2. The summed E-state index contributed by atoms with van der Waals surface area (Å²) in [7, 11) is 0. The van der Waals surface area contributed by atoms with Crippen molar-refractivity contribution in [2.75, 3.05) is 0 Å². The number of nitrogens with one attached hydrogen (secondary N) is 1. The van der Waals surface area contributed by atoms with Gasteiger partial charge in [-0.3, -0.25) is 10.1 Å². The summed E-state index contributed by atoms with van der Waals surface area (Å²) >= 11 is 3.16. The Hall–Kier alpha value is -1.08. The first-order valence-electron chi connectivity index (χ1n) is 6.42. The molecule has 7 heteroatoms. The quantitative estimate of drug-likeness (QED) is 0.794. The lowest BCUT2D eigenvalue weighted by atomic mass is 10.0. The fourth-order valence-electron chi connectivity index (χ4n) is 1.95. The van der Waals surface area contributed by atoms with E-state index in [9.17, 15) is 18.0 Å². The number of benzene rings is 1. The van der Waals surface area contributed by atoms with Crippen molar-refractivity contribution < 1.29 is 23.1 Å². The zero-order valence-corrected chi connectivity index (χ0v) is 13.2. The summed E-state index contributed by atoms with van der Waals surface area (Å²) in [5.74, 6) is -1.31. The molecule has 0 fully saturated rings. The molecule has 0 heterocycles. The van der Waals surface area contributed by atoms with E-state index < -0.39 is 24.2 Å². The Kier molecular flexibility index (Phi) is 6.22. The third-order valence-electron chi connectivity index (χ3n) is 2.90. The lowest BCUT2D eigenvalue weighted by Crippen LogP contribution is -2.45. The maximum Gasteiger partial charge on any atom is 0.407 e. The van der Waals surface area contributed by atoms with E-state index in [1.165, 1.54) is 24.3 Å². The van der Waals surface area contributed by atoms with Crippen molar-refractivity contribution in [3.8, 4) is 0 Å². The lowest BCUT2D eigenvalue weighted by molar-refractivity contribution is -0.163. The van der Waals surface area contributed by atoms with E-state index in [1.54, 1.807) is 13.8 Å². The van der Waals surface area contributed by atoms with Gasteiger partial charge in [-0.15, -0.1) is 0 Å². The van der Waals surface area contributed by atoms with Gasteiger partial charge in [0, 0.05) is 4.47 Å². The first kappa shape index (κ1) is 18.0. The van der Waals surface area contributed by atoms with Crippen LogP contribution in [-0.4, -0.2) is 23.3 Å². The topological polar surface area (TPSA) is 49.3 Å². The van der Waals surface area contributed by atoms with Gasteiger partial charge in [0.05, 0.1) is 0 Å². The highest BCUT2D eigenvalue weighted by molar-refractivity contribution is 9.10. The highest BCUT2D eigenvalue weighted by Crippen LogP contribution is 2.34. The van der Waals surface area contributed by atoms with Gasteiger partial charge >= 0.3 is 12.1 Å². The molecule has 0 aliphatic rings. The zero-order chi connectivity index (χ0) is 16.2. The maximum atomic E-state index is 13.2. The second-order valence-electron chi connectivity index (χ2n) is 5.21. The summed E-state index contributed by atoms with van der Waals surface area (Å²) in [6, 6.07) is 2.38. The molecule has 2 atom stereocenters. The number of aliphatic carboxylic acids is 1. The Labute approximate surface area is 129 Å².